The lowest BCUT2D eigenvalue weighted by molar-refractivity contribution is -0.129. The Hall–Kier alpha value is -2.45. The van der Waals surface area contributed by atoms with Crippen LogP contribution in [-0.4, -0.2) is 44.0 Å². The van der Waals surface area contributed by atoms with Gasteiger partial charge in [0.2, 0.25) is 0 Å². The number of hydrogen-bond donors (Lipinski definition) is 1. The van der Waals surface area contributed by atoms with Crippen LogP contribution in [0.25, 0.3) is 0 Å². The molecule has 0 radical (unpaired) electrons. The number of alkyl halides is 3. The van der Waals surface area contributed by atoms with Crippen molar-refractivity contribution >= 4 is 49.3 Å². The summed E-state index contributed by atoms with van der Waals surface area (Å²) in [5.41, 5.74) is -7.36. The summed E-state index contributed by atoms with van der Waals surface area (Å²) in [6.07, 6.45) is 0. The molecule has 1 amide bonds. The number of rotatable bonds is 5. The summed E-state index contributed by atoms with van der Waals surface area (Å²) in [7, 11) is -3.57. The van der Waals surface area contributed by atoms with E-state index in [9.17, 15) is 30.8 Å². The van der Waals surface area contributed by atoms with Crippen molar-refractivity contribution in [2.24, 2.45) is 0 Å². The van der Waals surface area contributed by atoms with Crippen LogP contribution in [0.3, 0.4) is 0 Å². The van der Waals surface area contributed by atoms with Crippen molar-refractivity contribution in [2.45, 2.75) is 11.0 Å². The summed E-state index contributed by atoms with van der Waals surface area (Å²) in [5.74, 6) is -2.41. The van der Waals surface area contributed by atoms with Crippen molar-refractivity contribution in [1.82, 2.24) is 10.2 Å². The van der Waals surface area contributed by atoms with Gasteiger partial charge in [-0.15, -0.1) is 0 Å². The zero-order valence-corrected chi connectivity index (χ0v) is 19.4. The molecular weight excluding hydrogens is 544 g/mol. The van der Waals surface area contributed by atoms with Gasteiger partial charge in [0.1, 0.15) is 5.82 Å². The molecule has 0 aliphatic carbocycles. The van der Waals surface area contributed by atoms with E-state index in [1.165, 1.54) is 25.2 Å². The highest BCUT2D eigenvalue weighted by Crippen LogP contribution is 2.41. The Bertz CT molecular complexity index is 1220. The first-order valence-corrected chi connectivity index (χ1v) is 11.1. The van der Waals surface area contributed by atoms with Gasteiger partial charge in [0.05, 0.1) is 11.6 Å². The normalized spacial score (nSPS) is 19.2. The average Bonchev–Trinajstić information content (AvgIpc) is 2.93. The Kier molecular flexibility index (Phi) is 6.17. The first-order chi connectivity index (χ1) is 14.7. The van der Waals surface area contributed by atoms with E-state index in [4.69, 9.17) is 17.0 Å². The second-order valence-electron chi connectivity index (χ2n) is 6.52. The summed E-state index contributed by atoms with van der Waals surface area (Å²) >= 11 is 8.18. The molecule has 0 spiro atoms. The lowest BCUT2D eigenvalue weighted by Gasteiger charge is -2.29. The number of hydrogen-bond acceptors (Lipinski definition) is 6. The first kappa shape index (κ1) is 24.2. The molecule has 7 nitrogen and oxygen atoms in total. The van der Waals surface area contributed by atoms with Gasteiger partial charge in [0, 0.05) is 7.05 Å². The van der Waals surface area contributed by atoms with E-state index in [2.05, 4.69) is 25.4 Å². The summed E-state index contributed by atoms with van der Waals surface area (Å²) in [5, 5.41) is 2.78. The summed E-state index contributed by atoms with van der Waals surface area (Å²) in [6.45, 7) is 0. The van der Waals surface area contributed by atoms with E-state index in [1.807, 2.05) is 0 Å². The molecule has 172 valence electrons. The number of benzene rings is 2. The number of thiocarbonyl (C=S) groups is 1. The van der Waals surface area contributed by atoms with Gasteiger partial charge in [-0.2, -0.15) is 21.6 Å². The van der Waals surface area contributed by atoms with Gasteiger partial charge in [-0.1, -0.05) is 12.1 Å². The number of carbonyl (C=O) groups excluding carboxylic acids is 1. The van der Waals surface area contributed by atoms with Crippen molar-refractivity contribution in [3.05, 3.63) is 57.8 Å². The van der Waals surface area contributed by atoms with Gasteiger partial charge in [-0.05, 0) is 63.5 Å². The largest absolute Gasteiger partial charge is 0.534 e. The number of carbonyl (C=O) groups is 1. The van der Waals surface area contributed by atoms with Crippen LogP contribution in [0.4, 0.5) is 17.6 Å². The maximum absolute atomic E-state index is 13.8. The molecule has 14 heteroatoms. The fourth-order valence-electron chi connectivity index (χ4n) is 3.07. The predicted octanol–water partition coefficient (Wildman–Crippen LogP) is 3.42. The maximum atomic E-state index is 13.8. The number of ether oxygens (including phenoxy) is 1. The van der Waals surface area contributed by atoms with Gasteiger partial charge in [-0.25, -0.2) is 4.39 Å². The number of amides is 1. The predicted molar refractivity (Wildman–Crippen MR) is 112 cm³/mol. The van der Waals surface area contributed by atoms with Crippen LogP contribution in [0.15, 0.2) is 40.9 Å². The van der Waals surface area contributed by atoms with Gasteiger partial charge in [-0.3, -0.25) is 9.69 Å². The molecule has 1 saturated heterocycles. The number of likely N-dealkylation sites (N-methyl/N-ethyl adjacent to an activating group) is 1. The minimum atomic E-state index is -6.03. The fraction of sp³-hybridized carbons (Fsp3) is 0.222. The Morgan fingerprint density at radius 1 is 1.12 bits per heavy atom. The third kappa shape index (κ3) is 3.90. The standard InChI is InChI=1S/C18H13BrF4N2O5S2/c1-25-15(26)17(24-16(25)31,9-3-5-12(20)11(19)7-9)10-4-6-13(29-2)14(8-10)30-32(27,28)18(21,22)23/h3-8H,1-2H3,(H,24,31). The third-order valence-electron chi connectivity index (χ3n) is 4.66. The quantitative estimate of drug-likeness (QED) is 0.261. The molecule has 0 aromatic heterocycles. The van der Waals surface area contributed by atoms with Crippen molar-refractivity contribution in [2.75, 3.05) is 14.2 Å². The van der Waals surface area contributed by atoms with Gasteiger partial charge in [0.15, 0.2) is 22.2 Å². The van der Waals surface area contributed by atoms with E-state index >= 15 is 0 Å². The molecule has 1 N–H and O–H groups in total. The van der Waals surface area contributed by atoms with E-state index in [-0.39, 0.29) is 26.5 Å². The van der Waals surface area contributed by atoms with Crippen molar-refractivity contribution in [3.8, 4) is 11.5 Å². The molecule has 1 fully saturated rings. The second kappa shape index (κ2) is 8.15. The Balaban J connectivity index is 2.26. The van der Waals surface area contributed by atoms with Gasteiger partial charge < -0.3 is 14.2 Å². The van der Waals surface area contributed by atoms with Crippen LogP contribution in [0, 0.1) is 5.82 Å². The van der Waals surface area contributed by atoms with Crippen molar-refractivity contribution < 1.29 is 39.7 Å². The SMILES string of the molecule is COc1ccc(C2(c3ccc(F)c(Br)c3)NC(=S)N(C)C2=O)cc1OS(=O)(=O)C(F)(F)F. The van der Waals surface area contributed by atoms with Crippen LogP contribution >= 0.6 is 28.1 Å². The Morgan fingerprint density at radius 2 is 1.72 bits per heavy atom. The summed E-state index contributed by atoms with van der Waals surface area (Å²) in [4.78, 5) is 14.3. The van der Waals surface area contributed by atoms with Crippen LogP contribution in [0.2, 0.25) is 0 Å². The molecule has 3 rings (SSSR count). The van der Waals surface area contributed by atoms with Crippen LogP contribution in [-0.2, 0) is 20.5 Å². The van der Waals surface area contributed by atoms with Crippen LogP contribution in [0.5, 0.6) is 11.5 Å². The summed E-state index contributed by atoms with van der Waals surface area (Å²) in [6, 6.07) is 7.00. The minimum absolute atomic E-state index is 0.00841. The van der Waals surface area contributed by atoms with E-state index < -0.39 is 38.6 Å². The molecule has 1 aliphatic rings. The number of nitrogens with zero attached hydrogens (tertiary/aromatic N) is 1. The van der Waals surface area contributed by atoms with Gasteiger partial charge in [0.25, 0.3) is 5.91 Å². The van der Waals surface area contributed by atoms with Crippen LogP contribution in [0.1, 0.15) is 11.1 Å². The topological polar surface area (TPSA) is 84.9 Å². The van der Waals surface area contributed by atoms with E-state index in [1.54, 1.807) is 0 Å². The fourth-order valence-corrected chi connectivity index (χ4v) is 4.15. The molecule has 1 atom stereocenters. The molecule has 32 heavy (non-hydrogen) atoms. The average molecular weight is 557 g/mol. The monoisotopic (exact) mass is 556 g/mol. The maximum Gasteiger partial charge on any atom is 0.534 e. The Labute approximate surface area is 193 Å². The highest BCUT2D eigenvalue weighted by molar-refractivity contribution is 9.10. The molecule has 0 bridgehead atoms. The number of halogens is 5. The first-order valence-electron chi connectivity index (χ1n) is 8.49. The smallest absolute Gasteiger partial charge is 0.493 e. The Morgan fingerprint density at radius 3 is 2.22 bits per heavy atom. The minimum Gasteiger partial charge on any atom is -0.493 e. The number of nitrogens with one attached hydrogen (secondary N) is 1. The summed E-state index contributed by atoms with van der Waals surface area (Å²) < 4.78 is 84.7. The zero-order valence-electron chi connectivity index (χ0n) is 16.2. The van der Waals surface area contributed by atoms with E-state index in [0.29, 0.717) is 0 Å². The highest BCUT2D eigenvalue weighted by atomic mass is 79.9. The molecule has 2 aromatic rings. The third-order valence-corrected chi connectivity index (χ3v) is 6.61. The molecule has 0 saturated carbocycles. The lowest BCUT2D eigenvalue weighted by atomic mass is 9.82. The second-order valence-corrected chi connectivity index (χ2v) is 9.30. The molecule has 1 unspecified atom stereocenters. The lowest BCUT2D eigenvalue weighted by Crippen LogP contribution is -2.45. The van der Waals surface area contributed by atoms with Crippen molar-refractivity contribution in [1.29, 1.82) is 0 Å². The number of methoxy groups -OCH3 is 1. The van der Waals surface area contributed by atoms with Crippen LogP contribution < -0.4 is 14.2 Å². The molecule has 1 aliphatic heterocycles. The van der Waals surface area contributed by atoms with Gasteiger partial charge >= 0.3 is 15.6 Å². The highest BCUT2D eigenvalue weighted by Gasteiger charge is 2.52. The molecular formula is C18H13BrF4N2O5S2. The zero-order chi connectivity index (χ0) is 24.1. The molecule has 2 aromatic carbocycles. The van der Waals surface area contributed by atoms with E-state index in [0.717, 1.165) is 30.2 Å². The van der Waals surface area contributed by atoms with Crippen molar-refractivity contribution in [3.63, 3.8) is 0 Å². The molecule has 1 heterocycles.